The minimum atomic E-state index is -2.75. The molecule has 0 aliphatic heterocycles. The Morgan fingerprint density at radius 3 is 2.00 bits per heavy atom. The summed E-state index contributed by atoms with van der Waals surface area (Å²) in [4.78, 5) is 22.0. The van der Waals surface area contributed by atoms with Crippen molar-refractivity contribution in [1.29, 1.82) is 0 Å². The maximum Gasteiger partial charge on any atom is 0.697 e. The summed E-state index contributed by atoms with van der Waals surface area (Å²) in [5.74, 6) is -1.00. The van der Waals surface area contributed by atoms with Crippen LogP contribution in [0.15, 0.2) is 0 Å². The normalized spacial score (nSPS) is 16.2. The maximum absolute atomic E-state index is 13.2. The van der Waals surface area contributed by atoms with Gasteiger partial charge in [-0.05, 0) is 58.8 Å². The van der Waals surface area contributed by atoms with Crippen molar-refractivity contribution in [2.24, 2.45) is 16.7 Å². The van der Waals surface area contributed by atoms with E-state index < -0.39 is 25.1 Å². The van der Waals surface area contributed by atoms with E-state index in [-0.39, 0.29) is 18.0 Å². The molecule has 0 bridgehead atoms. The van der Waals surface area contributed by atoms with Gasteiger partial charge in [0.2, 0.25) is 5.79 Å². The van der Waals surface area contributed by atoms with Gasteiger partial charge in [-0.3, -0.25) is 4.79 Å². The minimum absolute atomic E-state index is 0.191. The van der Waals surface area contributed by atoms with E-state index in [9.17, 15) is 9.36 Å². The highest BCUT2D eigenvalue weighted by molar-refractivity contribution is 7.32. The topological polar surface area (TPSA) is 82.1 Å². The Kier molecular flexibility index (Phi) is 9.58. The summed E-state index contributed by atoms with van der Waals surface area (Å²) in [6.07, 6.45) is 2.07. The van der Waals surface area contributed by atoms with E-state index in [1.807, 2.05) is 20.8 Å². The van der Waals surface area contributed by atoms with Gasteiger partial charge in [0, 0.05) is 11.0 Å². The molecule has 0 radical (unpaired) electrons. The third-order valence-corrected chi connectivity index (χ3v) is 6.06. The van der Waals surface area contributed by atoms with Crippen molar-refractivity contribution in [1.82, 2.24) is 0 Å². The van der Waals surface area contributed by atoms with E-state index >= 15 is 0 Å². The van der Waals surface area contributed by atoms with E-state index in [1.54, 1.807) is 13.8 Å². The molecule has 6 nitrogen and oxygen atoms in total. The number of ether oxygens (including phenoxy) is 2. The first-order chi connectivity index (χ1) is 12.0. The SMILES string of the molecule is CCC(C)(C)C(C)(CC(C)C)C(=O)OC(C)(C)CCOC(C)(C)O[P+](=O)O. The van der Waals surface area contributed by atoms with Crippen LogP contribution in [0.2, 0.25) is 0 Å². The predicted molar refractivity (Wildman–Crippen MR) is 107 cm³/mol. The molecule has 0 amide bonds. The summed E-state index contributed by atoms with van der Waals surface area (Å²) in [6, 6.07) is 0. The molecule has 7 heteroatoms. The molecular weight excluding hydrogens is 367 g/mol. The van der Waals surface area contributed by atoms with Crippen LogP contribution >= 0.6 is 8.25 Å². The summed E-state index contributed by atoms with van der Waals surface area (Å²) in [7, 11) is -2.75. The van der Waals surface area contributed by atoms with Crippen molar-refractivity contribution < 1.29 is 28.3 Å². The van der Waals surface area contributed by atoms with E-state index in [2.05, 4.69) is 34.6 Å². The van der Waals surface area contributed by atoms with Crippen molar-refractivity contribution in [2.75, 3.05) is 6.61 Å². The quantitative estimate of drug-likeness (QED) is 0.257. The molecule has 0 aliphatic rings. The molecule has 0 aliphatic carbocycles. The highest BCUT2D eigenvalue weighted by Crippen LogP contribution is 2.47. The van der Waals surface area contributed by atoms with Crippen LogP contribution in [-0.4, -0.2) is 28.9 Å². The molecule has 0 saturated carbocycles. The zero-order valence-corrected chi connectivity index (χ0v) is 19.7. The van der Waals surface area contributed by atoms with Crippen LogP contribution in [0.1, 0.15) is 88.5 Å². The molecule has 0 saturated heterocycles. The van der Waals surface area contributed by atoms with Crippen LogP contribution in [0.25, 0.3) is 0 Å². The average Bonchev–Trinajstić information content (AvgIpc) is 2.43. The Morgan fingerprint density at radius 2 is 1.59 bits per heavy atom. The van der Waals surface area contributed by atoms with Gasteiger partial charge in [0.1, 0.15) is 5.60 Å². The average molecular weight is 408 g/mol. The summed E-state index contributed by atoms with van der Waals surface area (Å²) < 4.78 is 27.1. The number of carbonyl (C=O) groups excluding carboxylic acids is 1. The van der Waals surface area contributed by atoms with E-state index in [0.717, 1.165) is 12.8 Å². The summed E-state index contributed by atoms with van der Waals surface area (Å²) in [5, 5.41) is 0. The predicted octanol–water partition coefficient (Wildman–Crippen LogP) is 5.61. The third-order valence-electron chi connectivity index (χ3n) is 5.47. The van der Waals surface area contributed by atoms with Crippen LogP contribution in [0.3, 0.4) is 0 Å². The van der Waals surface area contributed by atoms with Gasteiger partial charge in [-0.25, -0.2) is 0 Å². The zero-order valence-electron chi connectivity index (χ0n) is 18.8. The van der Waals surface area contributed by atoms with Crippen LogP contribution in [-0.2, 0) is 23.4 Å². The molecule has 27 heavy (non-hydrogen) atoms. The van der Waals surface area contributed by atoms with Gasteiger partial charge in [0.05, 0.1) is 12.0 Å². The van der Waals surface area contributed by atoms with Gasteiger partial charge in [-0.2, -0.15) is 0 Å². The van der Waals surface area contributed by atoms with Crippen LogP contribution < -0.4 is 0 Å². The molecule has 2 atom stereocenters. The first-order valence-electron chi connectivity index (χ1n) is 9.71. The smallest absolute Gasteiger partial charge is 0.459 e. The van der Waals surface area contributed by atoms with E-state index in [4.69, 9.17) is 18.9 Å². The van der Waals surface area contributed by atoms with Gasteiger partial charge in [-0.15, -0.1) is 4.89 Å². The number of esters is 1. The van der Waals surface area contributed by atoms with Gasteiger partial charge in [0.15, 0.2) is 0 Å². The fourth-order valence-electron chi connectivity index (χ4n) is 3.01. The molecule has 0 aromatic carbocycles. The monoisotopic (exact) mass is 407 g/mol. The van der Waals surface area contributed by atoms with Gasteiger partial charge in [-0.1, -0.05) is 39.1 Å². The van der Waals surface area contributed by atoms with Gasteiger partial charge in [0.25, 0.3) is 0 Å². The van der Waals surface area contributed by atoms with Crippen molar-refractivity contribution in [3.8, 4) is 0 Å². The van der Waals surface area contributed by atoms with Crippen molar-refractivity contribution in [2.45, 2.75) is 99.9 Å². The van der Waals surface area contributed by atoms with Crippen LogP contribution in [0.5, 0.6) is 0 Å². The molecule has 0 aromatic heterocycles. The number of hydrogen-bond acceptors (Lipinski definition) is 5. The van der Waals surface area contributed by atoms with Gasteiger partial charge < -0.3 is 9.47 Å². The second-order valence-corrected chi connectivity index (χ2v) is 10.3. The number of rotatable bonds is 12. The highest BCUT2D eigenvalue weighted by atomic mass is 31.1. The number of hydrogen-bond donors (Lipinski definition) is 1. The molecule has 0 rings (SSSR count). The maximum atomic E-state index is 13.2. The Morgan fingerprint density at radius 1 is 1.07 bits per heavy atom. The largest absolute Gasteiger partial charge is 0.697 e. The second-order valence-electron chi connectivity index (χ2n) is 9.64. The Bertz CT molecular complexity index is 513. The number of carbonyl (C=O) groups is 1. The summed E-state index contributed by atoms with van der Waals surface area (Å²) in [5.41, 5.74) is -1.51. The van der Waals surface area contributed by atoms with E-state index in [1.165, 1.54) is 0 Å². The second kappa shape index (κ2) is 9.78. The molecule has 2 unspecified atom stereocenters. The van der Waals surface area contributed by atoms with Crippen molar-refractivity contribution in [3.63, 3.8) is 0 Å². The third kappa shape index (κ3) is 8.55. The minimum Gasteiger partial charge on any atom is -0.459 e. The summed E-state index contributed by atoms with van der Waals surface area (Å²) >= 11 is 0. The fraction of sp³-hybridized carbons (Fsp3) is 0.950. The zero-order chi connectivity index (χ0) is 21.7. The molecule has 1 N–H and O–H groups in total. The Labute approximate surface area is 166 Å². The first-order valence-corrected chi connectivity index (χ1v) is 10.8. The van der Waals surface area contributed by atoms with Crippen LogP contribution in [0.4, 0.5) is 0 Å². The van der Waals surface area contributed by atoms with Gasteiger partial charge >= 0.3 is 14.2 Å². The molecular formula is C20H40O6P+. The molecule has 160 valence electrons. The summed E-state index contributed by atoms with van der Waals surface area (Å²) in [6.45, 7) is 19.6. The molecule has 0 aromatic rings. The Hall–Kier alpha value is -0.550. The van der Waals surface area contributed by atoms with Crippen molar-refractivity contribution >= 4 is 14.2 Å². The molecule has 0 fully saturated rings. The molecule has 0 heterocycles. The van der Waals surface area contributed by atoms with E-state index in [0.29, 0.717) is 12.3 Å². The lowest BCUT2D eigenvalue weighted by Gasteiger charge is -2.44. The van der Waals surface area contributed by atoms with Crippen LogP contribution in [0, 0.1) is 16.7 Å². The lowest BCUT2D eigenvalue weighted by Crippen LogP contribution is -2.47. The lowest BCUT2D eigenvalue weighted by atomic mass is 9.61. The Balaban J connectivity index is 5.08. The highest BCUT2D eigenvalue weighted by Gasteiger charge is 2.48. The first kappa shape index (κ1) is 26.4. The lowest BCUT2D eigenvalue weighted by molar-refractivity contribution is -0.186. The molecule has 0 spiro atoms. The standard InChI is InChI=1S/C20H39O6P/c1-11-17(4,5)20(10,14-15(2)3)16(21)25-18(6,7)12-13-24-19(8,9)26-27(22)23/h15H,11-14H2,1-10H3/p+1. The van der Waals surface area contributed by atoms with Crippen molar-refractivity contribution in [3.05, 3.63) is 0 Å². The fourth-order valence-corrected chi connectivity index (χ4v) is 3.44.